The Morgan fingerprint density at radius 2 is 1.43 bits per heavy atom. The number of aromatic nitrogens is 2. The SMILES string of the molecule is c1cncc(N2CCC3(CCCN(c4cccnc4)C3)CC2)c1. The minimum Gasteiger partial charge on any atom is -0.370 e. The number of nitrogens with zero attached hydrogens (tertiary/aromatic N) is 4. The lowest BCUT2D eigenvalue weighted by Crippen LogP contribution is -2.49. The van der Waals surface area contributed by atoms with Crippen molar-refractivity contribution < 1.29 is 0 Å². The van der Waals surface area contributed by atoms with E-state index in [1.807, 2.05) is 36.9 Å². The summed E-state index contributed by atoms with van der Waals surface area (Å²) in [6.45, 7) is 4.64. The molecule has 120 valence electrons. The van der Waals surface area contributed by atoms with Crippen LogP contribution in [0.4, 0.5) is 11.4 Å². The lowest BCUT2D eigenvalue weighted by molar-refractivity contribution is 0.179. The molecule has 0 radical (unpaired) electrons. The minimum absolute atomic E-state index is 0.479. The first kappa shape index (κ1) is 14.5. The first-order valence-electron chi connectivity index (χ1n) is 8.65. The van der Waals surface area contributed by atoms with Gasteiger partial charge >= 0.3 is 0 Å². The van der Waals surface area contributed by atoms with Crippen LogP contribution in [-0.2, 0) is 0 Å². The van der Waals surface area contributed by atoms with E-state index in [2.05, 4.69) is 31.9 Å². The zero-order valence-corrected chi connectivity index (χ0v) is 13.6. The van der Waals surface area contributed by atoms with Crippen molar-refractivity contribution in [2.45, 2.75) is 25.7 Å². The van der Waals surface area contributed by atoms with Crippen LogP contribution in [0.3, 0.4) is 0 Å². The van der Waals surface area contributed by atoms with Crippen molar-refractivity contribution >= 4 is 11.4 Å². The van der Waals surface area contributed by atoms with E-state index >= 15 is 0 Å². The quantitative estimate of drug-likeness (QED) is 0.851. The molecular weight excluding hydrogens is 284 g/mol. The Bertz CT molecular complexity index is 620. The van der Waals surface area contributed by atoms with E-state index in [9.17, 15) is 0 Å². The van der Waals surface area contributed by atoms with Gasteiger partial charge in [-0.15, -0.1) is 0 Å². The molecule has 0 aromatic carbocycles. The van der Waals surface area contributed by atoms with Gasteiger partial charge < -0.3 is 9.80 Å². The molecule has 2 aliphatic rings. The van der Waals surface area contributed by atoms with Crippen LogP contribution < -0.4 is 9.80 Å². The van der Waals surface area contributed by atoms with Crippen LogP contribution in [0.2, 0.25) is 0 Å². The van der Waals surface area contributed by atoms with E-state index in [1.165, 1.54) is 50.1 Å². The lowest BCUT2D eigenvalue weighted by atomic mass is 9.72. The van der Waals surface area contributed by atoms with Gasteiger partial charge in [-0.05, 0) is 55.4 Å². The molecule has 0 saturated carbocycles. The van der Waals surface area contributed by atoms with Gasteiger partial charge in [0.1, 0.15) is 0 Å². The highest BCUT2D eigenvalue weighted by Crippen LogP contribution is 2.41. The van der Waals surface area contributed by atoms with Gasteiger partial charge in [-0.2, -0.15) is 0 Å². The summed E-state index contributed by atoms with van der Waals surface area (Å²) in [6, 6.07) is 8.44. The maximum atomic E-state index is 4.29. The van der Waals surface area contributed by atoms with Crippen molar-refractivity contribution in [1.82, 2.24) is 9.97 Å². The zero-order chi connectivity index (χ0) is 15.5. The van der Waals surface area contributed by atoms with Gasteiger partial charge in [-0.25, -0.2) is 0 Å². The highest BCUT2D eigenvalue weighted by atomic mass is 15.2. The second-order valence-electron chi connectivity index (χ2n) is 6.93. The molecule has 2 fully saturated rings. The Balaban J connectivity index is 1.44. The first-order chi connectivity index (χ1) is 11.3. The van der Waals surface area contributed by atoms with E-state index in [4.69, 9.17) is 0 Å². The molecule has 0 bridgehead atoms. The Labute approximate surface area is 138 Å². The molecule has 23 heavy (non-hydrogen) atoms. The Hall–Kier alpha value is -2.10. The van der Waals surface area contributed by atoms with Gasteiger partial charge in [0.2, 0.25) is 0 Å². The third-order valence-corrected chi connectivity index (χ3v) is 5.51. The average molecular weight is 308 g/mol. The Kier molecular flexibility index (Phi) is 3.90. The van der Waals surface area contributed by atoms with Crippen LogP contribution in [0.15, 0.2) is 49.1 Å². The second-order valence-corrected chi connectivity index (χ2v) is 6.93. The fourth-order valence-electron chi connectivity index (χ4n) is 4.16. The van der Waals surface area contributed by atoms with Gasteiger partial charge in [0.15, 0.2) is 0 Å². The van der Waals surface area contributed by atoms with E-state index < -0.39 is 0 Å². The van der Waals surface area contributed by atoms with Gasteiger partial charge in [0, 0.05) is 38.6 Å². The number of rotatable bonds is 2. The maximum absolute atomic E-state index is 4.29. The van der Waals surface area contributed by atoms with E-state index in [1.54, 1.807) is 0 Å². The predicted molar refractivity (Wildman–Crippen MR) is 93.8 cm³/mol. The number of anilines is 2. The summed E-state index contributed by atoms with van der Waals surface area (Å²) >= 11 is 0. The second kappa shape index (κ2) is 6.19. The van der Waals surface area contributed by atoms with Crippen LogP contribution in [0.25, 0.3) is 0 Å². The summed E-state index contributed by atoms with van der Waals surface area (Å²) < 4.78 is 0. The van der Waals surface area contributed by atoms with Gasteiger partial charge in [0.05, 0.1) is 23.8 Å². The van der Waals surface area contributed by atoms with E-state index in [-0.39, 0.29) is 0 Å². The summed E-state index contributed by atoms with van der Waals surface area (Å²) in [5, 5.41) is 0. The molecule has 2 saturated heterocycles. The topological polar surface area (TPSA) is 32.3 Å². The summed E-state index contributed by atoms with van der Waals surface area (Å²) in [5.41, 5.74) is 3.02. The molecule has 1 spiro atoms. The molecule has 0 N–H and O–H groups in total. The fourth-order valence-corrected chi connectivity index (χ4v) is 4.16. The highest BCUT2D eigenvalue weighted by Gasteiger charge is 2.38. The molecule has 4 rings (SSSR count). The van der Waals surface area contributed by atoms with Crippen molar-refractivity contribution in [2.75, 3.05) is 36.0 Å². The van der Waals surface area contributed by atoms with Gasteiger partial charge in [-0.3, -0.25) is 9.97 Å². The van der Waals surface area contributed by atoms with Crippen LogP contribution >= 0.6 is 0 Å². The van der Waals surface area contributed by atoms with Gasteiger partial charge in [0.25, 0.3) is 0 Å². The van der Waals surface area contributed by atoms with E-state index in [0.29, 0.717) is 5.41 Å². The fraction of sp³-hybridized carbons (Fsp3) is 0.474. The number of pyridine rings is 2. The largest absolute Gasteiger partial charge is 0.370 e. The molecule has 2 aliphatic heterocycles. The summed E-state index contributed by atoms with van der Waals surface area (Å²) in [7, 11) is 0. The summed E-state index contributed by atoms with van der Waals surface area (Å²) in [5.74, 6) is 0. The molecule has 0 amide bonds. The monoisotopic (exact) mass is 308 g/mol. The van der Waals surface area contributed by atoms with Crippen molar-refractivity contribution in [3.05, 3.63) is 49.1 Å². The molecule has 0 atom stereocenters. The highest BCUT2D eigenvalue weighted by molar-refractivity contribution is 5.46. The first-order valence-corrected chi connectivity index (χ1v) is 8.65. The smallest absolute Gasteiger partial charge is 0.0552 e. The molecule has 4 nitrogen and oxygen atoms in total. The van der Waals surface area contributed by atoms with Crippen molar-refractivity contribution in [3.63, 3.8) is 0 Å². The van der Waals surface area contributed by atoms with Crippen LogP contribution in [-0.4, -0.2) is 36.1 Å². The molecule has 0 unspecified atom stereocenters. The van der Waals surface area contributed by atoms with Crippen molar-refractivity contribution in [3.8, 4) is 0 Å². The normalized spacial score (nSPS) is 20.7. The number of piperidine rings is 2. The molecular formula is C19H24N4. The third-order valence-electron chi connectivity index (χ3n) is 5.51. The van der Waals surface area contributed by atoms with Crippen molar-refractivity contribution in [1.29, 1.82) is 0 Å². The number of hydrogen-bond acceptors (Lipinski definition) is 4. The van der Waals surface area contributed by atoms with E-state index in [0.717, 1.165) is 13.1 Å². The van der Waals surface area contributed by atoms with Crippen LogP contribution in [0, 0.1) is 5.41 Å². The minimum atomic E-state index is 0.479. The lowest BCUT2D eigenvalue weighted by Gasteiger charge is -2.48. The van der Waals surface area contributed by atoms with Crippen LogP contribution in [0.1, 0.15) is 25.7 Å². The Morgan fingerprint density at radius 3 is 2.04 bits per heavy atom. The Morgan fingerprint density at radius 1 is 0.783 bits per heavy atom. The summed E-state index contributed by atoms with van der Waals surface area (Å²) in [6.07, 6.45) is 12.9. The average Bonchev–Trinajstić information content (AvgIpc) is 2.64. The molecule has 2 aromatic rings. The summed E-state index contributed by atoms with van der Waals surface area (Å²) in [4.78, 5) is 13.6. The number of hydrogen-bond donors (Lipinski definition) is 0. The van der Waals surface area contributed by atoms with Crippen LogP contribution in [0.5, 0.6) is 0 Å². The molecule has 4 heteroatoms. The third kappa shape index (κ3) is 3.03. The molecule has 2 aromatic heterocycles. The standard InChI is InChI=1S/C19H24N4/c1-4-17(14-20-9-1)22-12-7-19(8-13-22)6-3-11-23(16-19)18-5-2-10-21-15-18/h1-2,4-5,9-10,14-15H,3,6-8,11-13,16H2. The molecule has 4 heterocycles. The maximum Gasteiger partial charge on any atom is 0.0552 e. The predicted octanol–water partition coefficient (Wildman–Crippen LogP) is 3.36. The van der Waals surface area contributed by atoms with Crippen molar-refractivity contribution in [2.24, 2.45) is 5.41 Å². The molecule has 0 aliphatic carbocycles. The zero-order valence-electron chi connectivity index (χ0n) is 13.6. The van der Waals surface area contributed by atoms with Gasteiger partial charge in [-0.1, -0.05) is 0 Å².